The number of aromatic amines is 1. The molecule has 1 unspecified atom stereocenters. The molecule has 0 bridgehead atoms. The van der Waals surface area contributed by atoms with E-state index in [9.17, 15) is 24.3 Å². The van der Waals surface area contributed by atoms with Crippen LogP contribution >= 0.6 is 11.3 Å². The largest absolute Gasteiger partial charge is 0.490 e. The van der Waals surface area contributed by atoms with E-state index in [4.69, 9.17) is 14.7 Å². The van der Waals surface area contributed by atoms with Crippen molar-refractivity contribution in [3.05, 3.63) is 130 Å². The number of amides is 3. The third-order valence-corrected chi connectivity index (χ3v) is 16.4. The number of piperazine rings is 1. The number of carbonyl (C=O) groups excluding carboxylic acids is 3. The van der Waals surface area contributed by atoms with Gasteiger partial charge in [-0.2, -0.15) is 0 Å². The van der Waals surface area contributed by atoms with Crippen LogP contribution in [0.5, 0.6) is 5.75 Å². The molecule has 4 aromatic carbocycles. The Morgan fingerprint density at radius 2 is 1.63 bits per heavy atom. The predicted molar refractivity (Wildman–Crippen MR) is 283 cm³/mol. The molecule has 73 heavy (non-hydrogen) atoms. The first-order chi connectivity index (χ1) is 35.6. The lowest BCUT2D eigenvalue weighted by Crippen LogP contribution is -2.46. The number of pyridine rings is 1. The summed E-state index contributed by atoms with van der Waals surface area (Å²) in [6.45, 7) is 9.05. The second kappa shape index (κ2) is 21.2. The number of thiazole rings is 1. The summed E-state index contributed by atoms with van der Waals surface area (Å²) in [6, 6.07) is 29.2. The van der Waals surface area contributed by atoms with Crippen LogP contribution in [0.3, 0.4) is 0 Å². The van der Waals surface area contributed by atoms with Crippen LogP contribution in [0.25, 0.3) is 32.4 Å². The number of imidazole rings is 1. The molecule has 0 radical (unpaired) electrons. The lowest BCUT2D eigenvalue weighted by atomic mass is 9.84. The van der Waals surface area contributed by atoms with E-state index in [1.54, 1.807) is 0 Å². The van der Waals surface area contributed by atoms with Crippen molar-refractivity contribution in [1.82, 2.24) is 35.1 Å². The monoisotopic (exact) mass is 999 g/mol. The van der Waals surface area contributed by atoms with Crippen LogP contribution in [0.15, 0.2) is 91.0 Å². The summed E-state index contributed by atoms with van der Waals surface area (Å²) in [5.74, 6) is 0.909. The van der Waals surface area contributed by atoms with E-state index < -0.39 is 5.97 Å². The van der Waals surface area contributed by atoms with E-state index in [-0.39, 0.29) is 35.4 Å². The van der Waals surface area contributed by atoms with Gasteiger partial charge in [0.25, 0.3) is 5.91 Å². The topological polar surface area (TPSA) is 186 Å². The van der Waals surface area contributed by atoms with Gasteiger partial charge in [-0.1, -0.05) is 66.6 Å². The van der Waals surface area contributed by atoms with Gasteiger partial charge in [-0.05, 0) is 141 Å². The molecule has 11 rings (SSSR count). The molecule has 3 fully saturated rings. The number of ether oxygens (including phenoxy) is 1. The maximum absolute atomic E-state index is 13.7. The van der Waals surface area contributed by atoms with Gasteiger partial charge in [-0.15, -0.1) is 0 Å². The minimum Gasteiger partial charge on any atom is -0.490 e. The maximum atomic E-state index is 13.7. The van der Waals surface area contributed by atoms with Gasteiger partial charge in [-0.3, -0.25) is 29.9 Å². The Bertz CT molecular complexity index is 3170. The second-order valence-electron chi connectivity index (χ2n) is 20.2. The van der Waals surface area contributed by atoms with E-state index in [0.717, 1.165) is 126 Å². The SMILES string of the molecule is Cc1c(OC2CCC(CCCCN3CCN(Cc4nc5cc(C6CCC(=O)NC6=O)ccc5[nH]4)CC3)CC2)cccc1-c1ccc(N2CCc3cccc(C(=O)Nc4nc5ccccc5s4)c3C2)nc1C(=O)O. The number of carboxylic acids is 1. The first-order valence-corrected chi connectivity index (χ1v) is 26.7. The summed E-state index contributed by atoms with van der Waals surface area (Å²) in [4.78, 5) is 75.4. The van der Waals surface area contributed by atoms with Crippen LogP contribution in [0, 0.1) is 12.8 Å². The van der Waals surface area contributed by atoms with Crippen LogP contribution in [0.1, 0.15) is 113 Å². The lowest BCUT2D eigenvalue weighted by Gasteiger charge is -2.34. The van der Waals surface area contributed by atoms with E-state index in [1.807, 2.05) is 91.9 Å². The van der Waals surface area contributed by atoms with Gasteiger partial charge in [0.15, 0.2) is 10.8 Å². The zero-order chi connectivity index (χ0) is 50.0. The molecule has 1 aliphatic carbocycles. The fourth-order valence-corrected chi connectivity index (χ4v) is 12.2. The van der Waals surface area contributed by atoms with Crippen LogP contribution in [0.2, 0.25) is 0 Å². The number of benzene rings is 4. The van der Waals surface area contributed by atoms with Crippen molar-refractivity contribution in [1.29, 1.82) is 0 Å². The first kappa shape index (κ1) is 48.3. The molecule has 1 saturated carbocycles. The smallest absolute Gasteiger partial charge is 0.355 e. The predicted octanol–water partition coefficient (Wildman–Crippen LogP) is 9.50. The number of aromatic carboxylic acids is 1. The number of carboxylic acid groups (broad SMARTS) is 1. The van der Waals surface area contributed by atoms with Crippen molar-refractivity contribution in [3.63, 3.8) is 0 Å². The number of nitrogens with zero attached hydrogens (tertiary/aromatic N) is 6. The summed E-state index contributed by atoms with van der Waals surface area (Å²) >= 11 is 1.44. The van der Waals surface area contributed by atoms with Crippen molar-refractivity contribution in [2.45, 2.75) is 96.2 Å². The van der Waals surface area contributed by atoms with Crippen LogP contribution in [-0.2, 0) is 29.1 Å². The number of hydrogen-bond donors (Lipinski definition) is 4. The van der Waals surface area contributed by atoms with E-state index in [0.29, 0.717) is 60.3 Å². The minimum absolute atomic E-state index is 0.0159. The van der Waals surface area contributed by atoms with Crippen LogP contribution in [-0.4, -0.2) is 104 Å². The lowest BCUT2D eigenvalue weighted by molar-refractivity contribution is -0.134. The summed E-state index contributed by atoms with van der Waals surface area (Å²) in [5.41, 5.74) is 8.34. The van der Waals surface area contributed by atoms with Gasteiger partial charge >= 0.3 is 5.97 Å². The van der Waals surface area contributed by atoms with Gasteiger partial charge in [0, 0.05) is 56.8 Å². The van der Waals surface area contributed by atoms with Crippen molar-refractivity contribution in [2.24, 2.45) is 5.92 Å². The van der Waals surface area contributed by atoms with Crippen molar-refractivity contribution in [3.8, 4) is 16.9 Å². The third kappa shape index (κ3) is 10.7. The molecule has 0 spiro atoms. The van der Waals surface area contributed by atoms with Gasteiger partial charge in [-0.25, -0.2) is 19.7 Å². The molecule has 1 atom stereocenters. The quantitative estimate of drug-likeness (QED) is 0.0564. The Morgan fingerprint density at radius 3 is 2.45 bits per heavy atom. The van der Waals surface area contributed by atoms with Crippen molar-refractivity contribution < 1.29 is 29.0 Å². The van der Waals surface area contributed by atoms with Gasteiger partial charge in [0.1, 0.15) is 17.4 Å². The average Bonchev–Trinajstić information content (AvgIpc) is 4.01. The van der Waals surface area contributed by atoms with E-state index in [2.05, 4.69) is 41.4 Å². The molecule has 6 heterocycles. The number of para-hydroxylation sites is 1. The number of aromatic nitrogens is 4. The number of anilines is 2. The Balaban J connectivity index is 0.635. The van der Waals surface area contributed by atoms with Crippen LogP contribution in [0.4, 0.5) is 10.9 Å². The van der Waals surface area contributed by atoms with Crippen molar-refractivity contribution >= 4 is 67.2 Å². The number of imide groups is 1. The zero-order valence-electron chi connectivity index (χ0n) is 41.2. The van der Waals surface area contributed by atoms with Gasteiger partial charge in [0.05, 0.1) is 39.8 Å². The number of nitrogens with one attached hydrogen (secondary N) is 3. The Hall–Kier alpha value is -7.01. The molecule has 3 amide bonds. The first-order valence-electron chi connectivity index (χ1n) is 25.9. The molecule has 4 aliphatic rings. The molecule has 376 valence electrons. The zero-order valence-corrected chi connectivity index (χ0v) is 42.0. The fourth-order valence-electron chi connectivity index (χ4n) is 11.4. The summed E-state index contributed by atoms with van der Waals surface area (Å²) in [6.07, 6.45) is 9.67. The normalized spacial score (nSPS) is 19.7. The molecular weight excluding hydrogens is 939 g/mol. The number of fused-ring (bicyclic) bond motifs is 3. The number of rotatable bonds is 15. The van der Waals surface area contributed by atoms with E-state index >= 15 is 0 Å². The molecule has 16 heteroatoms. The Morgan fingerprint density at radius 1 is 0.808 bits per heavy atom. The molecule has 2 saturated heterocycles. The second-order valence-corrected chi connectivity index (χ2v) is 21.2. The molecule has 7 aromatic rings. The average molecular weight is 1000 g/mol. The summed E-state index contributed by atoms with van der Waals surface area (Å²) < 4.78 is 7.68. The number of H-pyrrole nitrogens is 1. The maximum Gasteiger partial charge on any atom is 0.355 e. The number of hydrogen-bond acceptors (Lipinski definition) is 12. The van der Waals surface area contributed by atoms with Crippen LogP contribution < -0.4 is 20.3 Å². The Labute approximate surface area is 428 Å². The number of carbonyl (C=O) groups is 4. The standard InChI is InChI=1S/C57H61N9O6S/c1-35-40(42-20-23-51(61-53(42)56(70)71)66-27-25-37-9-6-11-43(44(37)33-66)55(69)63-57-60-46-12-2-3-14-49(46)73-57)10-7-13-48(35)72-39-18-15-36(16-19-39)8-4-5-26-64-28-30-65(31-29-64)34-50-58-45-22-17-38(32-47(45)59-50)41-21-24-52(67)62-54(41)68/h2-3,6-7,9-14,17,20,22-23,32,36,39,41H,4-5,8,15-16,18-19,21,24-31,33-34H2,1H3,(H,58,59)(H,70,71)(H,60,63,69)(H,62,67,68). The molecule has 15 nitrogen and oxygen atoms in total. The highest BCUT2D eigenvalue weighted by Crippen LogP contribution is 2.38. The summed E-state index contributed by atoms with van der Waals surface area (Å²) in [5, 5.41) is 16.5. The van der Waals surface area contributed by atoms with Gasteiger partial charge in [0.2, 0.25) is 11.8 Å². The minimum atomic E-state index is -1.10. The van der Waals surface area contributed by atoms with Gasteiger partial charge < -0.3 is 24.6 Å². The third-order valence-electron chi connectivity index (χ3n) is 15.5. The molecule has 3 aromatic heterocycles. The summed E-state index contributed by atoms with van der Waals surface area (Å²) in [7, 11) is 0. The highest BCUT2D eigenvalue weighted by atomic mass is 32.1. The highest BCUT2D eigenvalue weighted by molar-refractivity contribution is 7.22. The molecular formula is C57H61N9O6S. The Kier molecular flexibility index (Phi) is 14.0. The molecule has 3 aliphatic heterocycles. The number of piperidine rings is 1. The highest BCUT2D eigenvalue weighted by Gasteiger charge is 2.30. The number of unbranched alkanes of at least 4 members (excludes halogenated alkanes) is 1. The van der Waals surface area contributed by atoms with E-state index in [1.165, 1.54) is 30.6 Å². The van der Waals surface area contributed by atoms with Crippen molar-refractivity contribution in [2.75, 3.05) is 49.5 Å². The fraction of sp³-hybridized carbons (Fsp3) is 0.386. The molecule has 4 N–H and O–H groups in total.